The third kappa shape index (κ3) is 4.98. The van der Waals surface area contributed by atoms with E-state index >= 15 is 0 Å². The molecule has 0 aliphatic carbocycles. The molecule has 2 aromatic rings. The molecule has 0 unspecified atom stereocenters. The van der Waals surface area contributed by atoms with Gasteiger partial charge in [0.1, 0.15) is 18.2 Å². The highest BCUT2D eigenvalue weighted by atomic mass is 16.5. The van der Waals surface area contributed by atoms with Crippen LogP contribution in [0.4, 0.5) is 11.6 Å². The number of anilines is 2. The first-order valence-electron chi connectivity index (χ1n) is 10.1. The van der Waals surface area contributed by atoms with Crippen LogP contribution in [0.15, 0.2) is 47.7 Å². The number of hydrogen-bond donors (Lipinski definition) is 1. The number of ether oxygens (including phenoxy) is 1. The van der Waals surface area contributed by atoms with Crippen molar-refractivity contribution in [3.63, 3.8) is 0 Å². The summed E-state index contributed by atoms with van der Waals surface area (Å²) in [5.41, 5.74) is 1.01. The summed E-state index contributed by atoms with van der Waals surface area (Å²) in [4.78, 5) is 18.2. The molecule has 28 heavy (non-hydrogen) atoms. The van der Waals surface area contributed by atoms with Crippen LogP contribution in [0.25, 0.3) is 0 Å². The number of aromatic nitrogens is 2. The van der Waals surface area contributed by atoms with Gasteiger partial charge in [0.2, 0.25) is 5.95 Å². The first-order chi connectivity index (χ1) is 13.9. The number of para-hydroxylation sites is 2. The minimum Gasteiger partial charge on any atom is -0.484 e. The smallest absolute Gasteiger partial charge is 0.225 e. The van der Waals surface area contributed by atoms with Crippen LogP contribution in [0.5, 0.6) is 5.75 Å². The van der Waals surface area contributed by atoms with Crippen molar-refractivity contribution < 1.29 is 4.74 Å². The molecule has 0 radical (unpaired) electrons. The molecule has 0 amide bonds. The average Bonchev–Trinajstić information content (AvgIpc) is 2.77. The number of rotatable bonds is 7. The molecule has 0 saturated carbocycles. The van der Waals surface area contributed by atoms with Gasteiger partial charge in [-0.3, -0.25) is 9.89 Å². The molecule has 7 heteroatoms. The van der Waals surface area contributed by atoms with E-state index in [4.69, 9.17) is 4.74 Å². The van der Waals surface area contributed by atoms with Crippen LogP contribution in [-0.2, 0) is 0 Å². The Labute approximate surface area is 166 Å². The molecule has 2 aliphatic rings. The largest absolute Gasteiger partial charge is 0.484 e. The zero-order valence-electron chi connectivity index (χ0n) is 16.3. The predicted molar refractivity (Wildman–Crippen MR) is 112 cm³/mol. The Kier molecular flexibility index (Phi) is 6.34. The Morgan fingerprint density at radius 1 is 0.964 bits per heavy atom. The van der Waals surface area contributed by atoms with E-state index in [1.165, 1.54) is 12.8 Å². The first-order valence-corrected chi connectivity index (χ1v) is 10.1. The summed E-state index contributed by atoms with van der Waals surface area (Å²) >= 11 is 0. The average molecular weight is 380 g/mol. The Bertz CT molecular complexity index is 773. The highest BCUT2D eigenvalue weighted by Gasteiger charge is 2.18. The number of hydrogen-bond acceptors (Lipinski definition) is 6. The molecule has 0 spiro atoms. The van der Waals surface area contributed by atoms with E-state index in [1.807, 2.05) is 42.7 Å². The normalized spacial score (nSPS) is 18.4. The van der Waals surface area contributed by atoms with Gasteiger partial charge >= 0.3 is 0 Å². The summed E-state index contributed by atoms with van der Waals surface area (Å²) in [6, 6.07) is 9.85. The molecule has 1 N–H and O–H groups in total. The van der Waals surface area contributed by atoms with Crippen LogP contribution in [0.2, 0.25) is 0 Å². The summed E-state index contributed by atoms with van der Waals surface area (Å²) in [5, 5.41) is 3.36. The monoisotopic (exact) mass is 380 g/mol. The third-order valence-electron chi connectivity index (χ3n) is 5.17. The maximum atomic E-state index is 5.72. The molecule has 1 aromatic carbocycles. The Hall–Kier alpha value is -2.67. The van der Waals surface area contributed by atoms with Crippen LogP contribution in [0.1, 0.15) is 19.3 Å². The summed E-state index contributed by atoms with van der Waals surface area (Å²) in [5.74, 6) is 2.68. The lowest BCUT2D eigenvalue weighted by atomic mass is 10.2. The number of fused-ring (bicyclic) bond motifs is 1. The molecule has 0 bridgehead atoms. The van der Waals surface area contributed by atoms with E-state index in [2.05, 4.69) is 30.1 Å². The summed E-state index contributed by atoms with van der Waals surface area (Å²) < 4.78 is 5.72. The van der Waals surface area contributed by atoms with E-state index in [1.54, 1.807) is 0 Å². The maximum Gasteiger partial charge on any atom is 0.225 e. The summed E-state index contributed by atoms with van der Waals surface area (Å²) in [6.45, 7) is 6.73. The van der Waals surface area contributed by atoms with Crippen molar-refractivity contribution in [3.05, 3.63) is 42.7 Å². The fourth-order valence-electron chi connectivity index (χ4n) is 3.58. The maximum absolute atomic E-state index is 5.72. The molecule has 0 atom stereocenters. The SMILES string of the molecule is c1cnc(N2CCN(CCCCCN=C3COc4ccccc4N3)CC2)nc1. The second-order valence-electron chi connectivity index (χ2n) is 7.18. The van der Waals surface area contributed by atoms with Gasteiger partial charge in [-0.1, -0.05) is 18.6 Å². The molecule has 1 aromatic heterocycles. The molecule has 1 saturated heterocycles. The standard InChI is InChI=1S/C21H28N6O/c1(4-9-22-20-17-28-19-8-3-2-7-18(19)25-20)5-12-26-13-15-27(16-14-26)21-23-10-6-11-24-21/h2-3,6-8,10-11H,1,4-5,9,12-17H2,(H,22,25). The number of amidine groups is 1. The minimum absolute atomic E-state index is 0.534. The molecule has 7 nitrogen and oxygen atoms in total. The van der Waals surface area contributed by atoms with Gasteiger partial charge in [-0.25, -0.2) is 9.97 Å². The van der Waals surface area contributed by atoms with E-state index in [9.17, 15) is 0 Å². The van der Waals surface area contributed by atoms with Crippen molar-refractivity contribution >= 4 is 17.5 Å². The fourth-order valence-corrected chi connectivity index (χ4v) is 3.58. The van der Waals surface area contributed by atoms with Gasteiger partial charge in [0, 0.05) is 45.1 Å². The van der Waals surface area contributed by atoms with Crippen molar-refractivity contribution in [1.29, 1.82) is 0 Å². The Balaban J connectivity index is 1.09. The molecular formula is C21H28N6O. The molecule has 148 valence electrons. The van der Waals surface area contributed by atoms with Crippen LogP contribution >= 0.6 is 0 Å². The molecule has 2 aliphatic heterocycles. The van der Waals surface area contributed by atoms with Gasteiger partial charge in [0.25, 0.3) is 0 Å². The number of aliphatic imine (C=N–C) groups is 1. The van der Waals surface area contributed by atoms with Crippen LogP contribution in [0.3, 0.4) is 0 Å². The van der Waals surface area contributed by atoms with Crippen LogP contribution < -0.4 is 15.0 Å². The topological polar surface area (TPSA) is 65.9 Å². The highest BCUT2D eigenvalue weighted by Crippen LogP contribution is 2.26. The number of benzene rings is 1. The quantitative estimate of drug-likeness (QED) is 0.745. The van der Waals surface area contributed by atoms with Crippen molar-refractivity contribution in [3.8, 4) is 5.75 Å². The number of piperazine rings is 1. The zero-order valence-corrected chi connectivity index (χ0v) is 16.3. The predicted octanol–water partition coefficient (Wildman–Crippen LogP) is 2.67. The van der Waals surface area contributed by atoms with Crippen LogP contribution in [0, 0.1) is 0 Å². The second-order valence-corrected chi connectivity index (χ2v) is 7.18. The minimum atomic E-state index is 0.534. The van der Waals surface area contributed by atoms with Crippen LogP contribution in [-0.4, -0.2) is 66.6 Å². The van der Waals surface area contributed by atoms with E-state index in [0.717, 1.165) is 68.9 Å². The number of nitrogens with one attached hydrogen (secondary N) is 1. The van der Waals surface area contributed by atoms with Crippen molar-refractivity contribution in [2.24, 2.45) is 4.99 Å². The zero-order chi connectivity index (χ0) is 19.0. The van der Waals surface area contributed by atoms with Gasteiger partial charge < -0.3 is 15.0 Å². The lowest BCUT2D eigenvalue weighted by Gasteiger charge is -2.34. The van der Waals surface area contributed by atoms with Gasteiger partial charge in [-0.05, 0) is 37.6 Å². The van der Waals surface area contributed by atoms with Crippen molar-refractivity contribution in [1.82, 2.24) is 14.9 Å². The first kappa shape index (κ1) is 18.7. The van der Waals surface area contributed by atoms with Gasteiger partial charge in [-0.2, -0.15) is 0 Å². The van der Waals surface area contributed by atoms with E-state index < -0.39 is 0 Å². The third-order valence-corrected chi connectivity index (χ3v) is 5.17. The highest BCUT2D eigenvalue weighted by molar-refractivity contribution is 5.99. The molecule has 3 heterocycles. The Morgan fingerprint density at radius 2 is 1.79 bits per heavy atom. The molecule has 4 rings (SSSR count). The number of unbranched alkanes of at least 4 members (excludes halogenated alkanes) is 2. The van der Waals surface area contributed by atoms with Crippen molar-refractivity contribution in [2.45, 2.75) is 19.3 Å². The lowest BCUT2D eigenvalue weighted by Crippen LogP contribution is -2.47. The van der Waals surface area contributed by atoms with E-state index in [-0.39, 0.29) is 0 Å². The van der Waals surface area contributed by atoms with Crippen molar-refractivity contribution in [2.75, 3.05) is 56.1 Å². The number of nitrogens with zero attached hydrogens (tertiary/aromatic N) is 5. The molecule has 1 fully saturated rings. The molecular weight excluding hydrogens is 352 g/mol. The summed E-state index contributed by atoms with van der Waals surface area (Å²) in [6.07, 6.45) is 7.16. The van der Waals surface area contributed by atoms with Gasteiger partial charge in [-0.15, -0.1) is 0 Å². The Morgan fingerprint density at radius 3 is 2.64 bits per heavy atom. The van der Waals surface area contributed by atoms with Gasteiger partial charge in [0.15, 0.2) is 0 Å². The lowest BCUT2D eigenvalue weighted by molar-refractivity contribution is 0.251. The summed E-state index contributed by atoms with van der Waals surface area (Å²) in [7, 11) is 0. The van der Waals surface area contributed by atoms with Gasteiger partial charge in [0.05, 0.1) is 5.69 Å². The second kappa shape index (κ2) is 9.50. The van der Waals surface area contributed by atoms with E-state index in [0.29, 0.717) is 6.61 Å². The fraction of sp³-hybridized carbons (Fsp3) is 0.476.